The molecular weight excluding hydrogens is 418 g/mol. The van der Waals surface area contributed by atoms with E-state index in [4.69, 9.17) is 4.74 Å². The van der Waals surface area contributed by atoms with Crippen molar-refractivity contribution in [3.63, 3.8) is 0 Å². The molecule has 33 heavy (non-hydrogen) atoms. The molecular formula is C30H36NOSi+. The molecule has 5 rings (SSSR count). The fraction of sp³-hybridized carbons (Fsp3) is 0.367. The molecule has 0 atom stereocenters. The average molecular weight is 455 g/mol. The van der Waals surface area contributed by atoms with Crippen LogP contribution in [0.5, 0.6) is 11.5 Å². The van der Waals surface area contributed by atoms with Crippen molar-refractivity contribution in [2.45, 2.75) is 60.7 Å². The van der Waals surface area contributed by atoms with Gasteiger partial charge in [0.2, 0.25) is 5.69 Å². The highest BCUT2D eigenvalue weighted by molar-refractivity contribution is 6.88. The minimum atomic E-state index is -1.41. The van der Waals surface area contributed by atoms with Gasteiger partial charge in [0.15, 0.2) is 6.20 Å². The fourth-order valence-corrected chi connectivity index (χ4v) is 6.57. The first-order valence-corrected chi connectivity index (χ1v) is 15.6. The molecule has 2 nitrogen and oxygen atoms in total. The quantitative estimate of drug-likeness (QED) is 0.201. The average Bonchev–Trinajstić information content (AvgIpc) is 2.71. The molecule has 0 fully saturated rings. The van der Waals surface area contributed by atoms with Crippen molar-refractivity contribution in [1.29, 1.82) is 0 Å². The molecule has 4 aromatic rings. The molecule has 0 amide bonds. The third-order valence-corrected chi connectivity index (χ3v) is 9.12. The Morgan fingerprint density at radius 3 is 2.30 bits per heavy atom. The number of pyridine rings is 1. The molecule has 0 N–H and O–H groups in total. The maximum absolute atomic E-state index is 6.80. The second-order valence-electron chi connectivity index (χ2n) is 12.1. The molecule has 2 heterocycles. The second-order valence-corrected chi connectivity index (χ2v) is 17.2. The van der Waals surface area contributed by atoms with E-state index in [1.807, 2.05) is 0 Å². The van der Waals surface area contributed by atoms with Crippen LogP contribution < -0.4 is 14.5 Å². The van der Waals surface area contributed by atoms with Crippen LogP contribution in [-0.4, -0.2) is 8.07 Å². The topological polar surface area (TPSA) is 13.1 Å². The summed E-state index contributed by atoms with van der Waals surface area (Å²) in [6, 6.07) is 14.0. The number of nitrogens with zero attached hydrogens (tertiary/aromatic N) is 1. The largest absolute Gasteiger partial charge is 0.455 e. The summed E-state index contributed by atoms with van der Waals surface area (Å²) in [6.45, 7) is 18.6. The Balaban J connectivity index is 1.85. The summed E-state index contributed by atoms with van der Waals surface area (Å²) in [5.74, 6) is 2.02. The molecule has 0 aliphatic carbocycles. The van der Waals surface area contributed by atoms with Gasteiger partial charge in [-0.3, -0.25) is 0 Å². The van der Waals surface area contributed by atoms with Crippen LogP contribution in [0.4, 0.5) is 0 Å². The Kier molecular flexibility index (Phi) is 4.81. The van der Waals surface area contributed by atoms with E-state index in [0.29, 0.717) is 0 Å². The Hall–Kier alpha value is -2.65. The van der Waals surface area contributed by atoms with Crippen molar-refractivity contribution >= 4 is 34.8 Å². The van der Waals surface area contributed by atoms with E-state index in [1.54, 1.807) is 0 Å². The minimum Gasteiger partial charge on any atom is -0.455 e. The molecule has 0 unspecified atom stereocenters. The van der Waals surface area contributed by atoms with Crippen LogP contribution in [0.2, 0.25) is 19.6 Å². The number of aryl methyl sites for hydroxylation is 3. The van der Waals surface area contributed by atoms with Gasteiger partial charge in [-0.15, -0.1) is 0 Å². The van der Waals surface area contributed by atoms with Gasteiger partial charge in [-0.25, -0.2) is 4.57 Å². The van der Waals surface area contributed by atoms with E-state index in [-0.39, 0.29) is 5.41 Å². The molecule has 0 bridgehead atoms. The van der Waals surface area contributed by atoms with Crippen LogP contribution in [0.3, 0.4) is 0 Å². The van der Waals surface area contributed by atoms with Crippen LogP contribution in [0.25, 0.3) is 32.8 Å². The highest BCUT2D eigenvalue weighted by Crippen LogP contribution is 2.50. The third-order valence-electron chi connectivity index (χ3n) is 7.08. The molecule has 1 aliphatic rings. The van der Waals surface area contributed by atoms with Gasteiger partial charge in [-0.05, 0) is 59.0 Å². The summed E-state index contributed by atoms with van der Waals surface area (Å²) in [5, 5.41) is 6.65. The molecule has 0 radical (unpaired) electrons. The maximum atomic E-state index is 6.80. The molecule has 1 aromatic heterocycles. The van der Waals surface area contributed by atoms with E-state index in [1.165, 1.54) is 54.7 Å². The van der Waals surface area contributed by atoms with Gasteiger partial charge < -0.3 is 4.74 Å². The van der Waals surface area contributed by atoms with Gasteiger partial charge in [0, 0.05) is 11.6 Å². The summed E-state index contributed by atoms with van der Waals surface area (Å²) in [7, 11) is 0.749. The molecule has 3 aromatic carbocycles. The zero-order chi connectivity index (χ0) is 23.9. The van der Waals surface area contributed by atoms with Crippen LogP contribution in [-0.2, 0) is 13.5 Å². The summed E-state index contributed by atoms with van der Waals surface area (Å²) in [5.41, 5.74) is 6.62. The van der Waals surface area contributed by atoms with Crippen molar-refractivity contribution in [3.05, 3.63) is 59.3 Å². The Bertz CT molecular complexity index is 1450. The van der Waals surface area contributed by atoms with Crippen LogP contribution in [0.15, 0.2) is 42.6 Å². The van der Waals surface area contributed by atoms with Crippen molar-refractivity contribution in [3.8, 4) is 22.8 Å². The lowest BCUT2D eigenvalue weighted by Crippen LogP contribution is -2.37. The zero-order valence-corrected chi connectivity index (χ0v) is 22.6. The molecule has 1 aliphatic heterocycles. The van der Waals surface area contributed by atoms with Crippen molar-refractivity contribution < 1.29 is 9.30 Å². The van der Waals surface area contributed by atoms with E-state index < -0.39 is 8.07 Å². The minimum absolute atomic E-state index is 0.227. The number of aromatic nitrogens is 1. The summed E-state index contributed by atoms with van der Waals surface area (Å²) in [6.07, 6.45) is 3.22. The summed E-state index contributed by atoms with van der Waals surface area (Å²) >= 11 is 0. The summed E-state index contributed by atoms with van der Waals surface area (Å²) in [4.78, 5) is 0. The first-order chi connectivity index (χ1) is 15.3. The highest BCUT2D eigenvalue weighted by Gasteiger charge is 2.32. The van der Waals surface area contributed by atoms with Crippen molar-refractivity contribution in [1.82, 2.24) is 0 Å². The molecule has 0 spiro atoms. The number of rotatable bonds is 2. The first-order valence-electron chi connectivity index (χ1n) is 12.1. The van der Waals surface area contributed by atoms with Crippen LogP contribution in [0.1, 0.15) is 37.5 Å². The Morgan fingerprint density at radius 1 is 0.909 bits per heavy atom. The number of benzene rings is 3. The van der Waals surface area contributed by atoms with Gasteiger partial charge in [0.25, 0.3) is 0 Å². The van der Waals surface area contributed by atoms with E-state index in [9.17, 15) is 0 Å². The normalized spacial score (nSPS) is 13.4. The highest BCUT2D eigenvalue weighted by atomic mass is 28.3. The lowest BCUT2D eigenvalue weighted by atomic mass is 9.85. The monoisotopic (exact) mass is 454 g/mol. The van der Waals surface area contributed by atoms with Gasteiger partial charge >= 0.3 is 0 Å². The first kappa shape index (κ1) is 22.2. The predicted octanol–water partition coefficient (Wildman–Crippen LogP) is 7.34. The molecule has 0 saturated carbocycles. The third kappa shape index (κ3) is 3.58. The lowest BCUT2D eigenvalue weighted by Gasteiger charge is -2.26. The van der Waals surface area contributed by atoms with Crippen molar-refractivity contribution in [2.24, 2.45) is 12.5 Å². The smallest absolute Gasteiger partial charge is 0.228 e. The second kappa shape index (κ2) is 7.17. The van der Waals surface area contributed by atoms with Gasteiger partial charge in [-0.2, -0.15) is 0 Å². The predicted molar refractivity (Wildman–Crippen MR) is 144 cm³/mol. The van der Waals surface area contributed by atoms with Gasteiger partial charge in [-0.1, -0.05) is 69.9 Å². The number of ether oxygens (including phenoxy) is 1. The molecule has 0 saturated heterocycles. The maximum Gasteiger partial charge on any atom is 0.228 e. The SMILES string of the molecule is Cc1c2c(c(C)c3ccc([Si](C)(C)C)cc13)-c1c3c(cc(CC(C)(C)C)cc3cc[n+]1C)O2. The Morgan fingerprint density at radius 2 is 1.64 bits per heavy atom. The fourth-order valence-electron chi connectivity index (χ4n) is 5.41. The number of hydrogen-bond acceptors (Lipinski definition) is 1. The number of hydrogen-bond donors (Lipinski definition) is 0. The summed E-state index contributed by atoms with van der Waals surface area (Å²) < 4.78 is 9.07. The zero-order valence-electron chi connectivity index (χ0n) is 21.6. The van der Waals surface area contributed by atoms with Crippen LogP contribution >= 0.6 is 0 Å². The lowest BCUT2D eigenvalue weighted by molar-refractivity contribution is -0.659. The number of fused-ring (bicyclic) bond motifs is 3. The molecule has 3 heteroatoms. The van der Waals surface area contributed by atoms with Crippen LogP contribution in [0, 0.1) is 19.3 Å². The molecule has 170 valence electrons. The van der Waals surface area contributed by atoms with E-state index >= 15 is 0 Å². The van der Waals surface area contributed by atoms with Gasteiger partial charge in [0.05, 0.1) is 19.0 Å². The van der Waals surface area contributed by atoms with E-state index in [2.05, 4.69) is 108 Å². The van der Waals surface area contributed by atoms with E-state index in [0.717, 1.165) is 17.9 Å². The Labute approximate surface area is 199 Å². The standard InChI is InChI=1S/C30H36NOSi/c1-18-23-11-10-22(33(7,8)9)16-24(23)19(2)29-26(18)28-27-21(12-13-31(28)6)14-20(15-25(27)32-29)17-30(3,4)5/h10-16H,17H2,1-9H3/q+1. The van der Waals surface area contributed by atoms with Crippen molar-refractivity contribution in [2.75, 3.05) is 0 Å². The van der Waals surface area contributed by atoms with Gasteiger partial charge in [0.1, 0.15) is 18.5 Å².